The molecule has 0 heterocycles. The van der Waals surface area contributed by atoms with Gasteiger partial charge in [0.2, 0.25) is 0 Å². The van der Waals surface area contributed by atoms with Crippen LogP contribution in [0.5, 0.6) is 5.75 Å². The summed E-state index contributed by atoms with van der Waals surface area (Å²) in [6.45, 7) is 4.42. The molecule has 2 unspecified atom stereocenters. The number of aromatic hydroxyl groups is 1. The van der Waals surface area contributed by atoms with E-state index in [0.29, 0.717) is 18.7 Å². The molecule has 0 bridgehead atoms. The average molecular weight is 259 g/mol. The van der Waals surface area contributed by atoms with Gasteiger partial charge in [0.1, 0.15) is 5.75 Å². The smallest absolute Gasteiger partial charge is 0.120 e. The fraction of sp³-hybridized carbons (Fsp3) is 0.375. The normalized spacial score (nSPS) is 14.5. The Bertz CT molecular complexity index is 551. The van der Waals surface area contributed by atoms with Crippen molar-refractivity contribution < 1.29 is 10.2 Å². The second-order valence-electron chi connectivity index (χ2n) is 5.15. The summed E-state index contributed by atoms with van der Waals surface area (Å²) in [4.78, 5) is 0. The van der Waals surface area contributed by atoms with Crippen molar-refractivity contribution in [1.82, 2.24) is 5.32 Å². The van der Waals surface area contributed by atoms with Crippen molar-refractivity contribution in [2.75, 3.05) is 0 Å². The first-order valence-corrected chi connectivity index (χ1v) is 6.69. The number of phenols is 1. The fourth-order valence-corrected chi connectivity index (χ4v) is 2.38. The highest BCUT2D eigenvalue weighted by molar-refractivity contribution is 5.87. The molecule has 0 saturated carbocycles. The number of fused-ring (bicyclic) bond motifs is 1. The van der Waals surface area contributed by atoms with E-state index in [0.717, 1.165) is 16.3 Å². The first-order valence-electron chi connectivity index (χ1n) is 6.69. The zero-order valence-corrected chi connectivity index (χ0v) is 11.4. The number of hydrogen-bond donors (Lipinski definition) is 3. The van der Waals surface area contributed by atoms with Crippen LogP contribution in [0.3, 0.4) is 0 Å². The van der Waals surface area contributed by atoms with E-state index in [-0.39, 0.29) is 12.1 Å². The molecule has 0 amide bonds. The third-order valence-corrected chi connectivity index (χ3v) is 3.34. The highest BCUT2D eigenvalue weighted by atomic mass is 16.3. The quantitative estimate of drug-likeness (QED) is 0.774. The maximum absolute atomic E-state index is 10.0. The van der Waals surface area contributed by atoms with Crippen molar-refractivity contribution >= 4 is 10.8 Å². The van der Waals surface area contributed by atoms with Gasteiger partial charge in [-0.1, -0.05) is 30.3 Å². The second kappa shape index (κ2) is 6.04. The van der Waals surface area contributed by atoms with Crippen LogP contribution < -0.4 is 5.32 Å². The molecule has 2 rings (SSSR count). The summed E-state index contributed by atoms with van der Waals surface area (Å²) in [5.41, 5.74) is 0.913. The van der Waals surface area contributed by atoms with Crippen molar-refractivity contribution in [3.05, 3.63) is 42.0 Å². The summed E-state index contributed by atoms with van der Waals surface area (Å²) in [5, 5.41) is 24.9. The molecule has 3 nitrogen and oxygen atoms in total. The van der Waals surface area contributed by atoms with Crippen LogP contribution in [0.15, 0.2) is 36.4 Å². The van der Waals surface area contributed by atoms with E-state index < -0.39 is 0 Å². The molecule has 19 heavy (non-hydrogen) atoms. The van der Waals surface area contributed by atoms with Crippen LogP contribution in [-0.2, 0) is 6.54 Å². The van der Waals surface area contributed by atoms with Gasteiger partial charge in [-0.3, -0.25) is 0 Å². The molecule has 3 N–H and O–H groups in total. The van der Waals surface area contributed by atoms with E-state index in [9.17, 15) is 10.2 Å². The van der Waals surface area contributed by atoms with Crippen molar-refractivity contribution in [2.24, 2.45) is 0 Å². The number of aliphatic hydroxyl groups excluding tert-OH is 1. The number of phenolic OH excluding ortho intramolecular Hbond substituents is 1. The van der Waals surface area contributed by atoms with E-state index in [1.165, 1.54) is 0 Å². The highest BCUT2D eigenvalue weighted by Gasteiger charge is 2.09. The first-order chi connectivity index (χ1) is 9.08. The molecule has 0 spiro atoms. The van der Waals surface area contributed by atoms with Crippen LogP contribution in [0.4, 0.5) is 0 Å². The van der Waals surface area contributed by atoms with Crippen LogP contribution in [0.2, 0.25) is 0 Å². The number of nitrogens with one attached hydrogen (secondary N) is 1. The molecule has 2 atom stereocenters. The monoisotopic (exact) mass is 259 g/mol. The molecular weight excluding hydrogens is 238 g/mol. The first kappa shape index (κ1) is 13.8. The summed E-state index contributed by atoms with van der Waals surface area (Å²) in [6.07, 6.45) is 0.384. The lowest BCUT2D eigenvalue weighted by Crippen LogP contribution is -2.28. The van der Waals surface area contributed by atoms with Gasteiger partial charge in [-0.2, -0.15) is 0 Å². The zero-order chi connectivity index (χ0) is 13.8. The van der Waals surface area contributed by atoms with Gasteiger partial charge in [0.05, 0.1) is 6.10 Å². The Kier molecular flexibility index (Phi) is 4.40. The van der Waals surface area contributed by atoms with Crippen molar-refractivity contribution in [3.8, 4) is 5.75 Å². The maximum atomic E-state index is 10.0. The molecule has 0 fully saturated rings. The predicted molar refractivity (Wildman–Crippen MR) is 78.2 cm³/mol. The lowest BCUT2D eigenvalue weighted by Gasteiger charge is -2.17. The van der Waals surface area contributed by atoms with E-state index in [2.05, 4.69) is 5.32 Å². The van der Waals surface area contributed by atoms with Crippen LogP contribution in [-0.4, -0.2) is 22.4 Å². The minimum Gasteiger partial charge on any atom is -0.508 e. The van der Waals surface area contributed by atoms with Crippen LogP contribution in [0.25, 0.3) is 10.8 Å². The van der Waals surface area contributed by atoms with Gasteiger partial charge in [-0.25, -0.2) is 0 Å². The van der Waals surface area contributed by atoms with Gasteiger partial charge in [-0.15, -0.1) is 0 Å². The molecule has 0 aliphatic heterocycles. The fourth-order valence-electron chi connectivity index (χ4n) is 2.38. The Hall–Kier alpha value is -1.58. The lowest BCUT2D eigenvalue weighted by atomic mass is 10.0. The third kappa shape index (κ3) is 3.46. The number of rotatable bonds is 5. The van der Waals surface area contributed by atoms with Gasteiger partial charge in [0.25, 0.3) is 0 Å². The van der Waals surface area contributed by atoms with Crippen molar-refractivity contribution in [2.45, 2.75) is 39.0 Å². The molecule has 2 aromatic rings. The molecule has 0 aromatic heterocycles. The topological polar surface area (TPSA) is 52.5 Å². The van der Waals surface area contributed by atoms with Crippen molar-refractivity contribution in [1.29, 1.82) is 0 Å². The van der Waals surface area contributed by atoms with Gasteiger partial charge in [-0.05, 0) is 37.1 Å². The molecule has 0 aliphatic rings. The van der Waals surface area contributed by atoms with E-state index in [1.54, 1.807) is 13.0 Å². The maximum Gasteiger partial charge on any atom is 0.120 e. The molecule has 0 saturated heterocycles. The molecule has 0 radical (unpaired) electrons. The SMILES string of the molecule is CC(O)CC(C)NCc1c(O)ccc2ccccc12. The highest BCUT2D eigenvalue weighted by Crippen LogP contribution is 2.27. The Labute approximate surface area is 113 Å². The molecule has 102 valence electrons. The summed E-state index contributed by atoms with van der Waals surface area (Å²) < 4.78 is 0. The van der Waals surface area contributed by atoms with Gasteiger partial charge < -0.3 is 15.5 Å². The number of aliphatic hydroxyl groups is 1. The standard InChI is InChI=1S/C16H21NO2/c1-11(9-12(2)18)17-10-15-14-6-4-3-5-13(14)7-8-16(15)19/h3-8,11-12,17-19H,9-10H2,1-2H3. The van der Waals surface area contributed by atoms with Crippen LogP contribution >= 0.6 is 0 Å². The van der Waals surface area contributed by atoms with Gasteiger partial charge in [0, 0.05) is 18.2 Å². The third-order valence-electron chi connectivity index (χ3n) is 3.34. The summed E-state index contributed by atoms with van der Waals surface area (Å²) >= 11 is 0. The van der Waals surface area contributed by atoms with Crippen LogP contribution in [0, 0.1) is 0 Å². The van der Waals surface area contributed by atoms with Crippen molar-refractivity contribution in [3.63, 3.8) is 0 Å². The molecular formula is C16H21NO2. The Morgan fingerprint density at radius 2 is 1.84 bits per heavy atom. The largest absolute Gasteiger partial charge is 0.508 e. The molecule has 0 aliphatic carbocycles. The number of hydrogen-bond acceptors (Lipinski definition) is 3. The van der Waals surface area contributed by atoms with E-state index in [4.69, 9.17) is 0 Å². The van der Waals surface area contributed by atoms with E-state index in [1.807, 2.05) is 37.3 Å². The Morgan fingerprint density at radius 1 is 1.11 bits per heavy atom. The minimum atomic E-state index is -0.316. The average Bonchev–Trinajstić information content (AvgIpc) is 2.36. The Morgan fingerprint density at radius 3 is 2.58 bits per heavy atom. The van der Waals surface area contributed by atoms with E-state index >= 15 is 0 Å². The number of benzene rings is 2. The summed E-state index contributed by atoms with van der Waals surface area (Å²) in [5.74, 6) is 0.315. The predicted octanol–water partition coefficient (Wildman–Crippen LogP) is 2.79. The minimum absolute atomic E-state index is 0.207. The Balaban J connectivity index is 2.18. The van der Waals surface area contributed by atoms with Crippen LogP contribution in [0.1, 0.15) is 25.8 Å². The molecule has 2 aromatic carbocycles. The van der Waals surface area contributed by atoms with Gasteiger partial charge >= 0.3 is 0 Å². The van der Waals surface area contributed by atoms with Gasteiger partial charge in [0.15, 0.2) is 0 Å². The zero-order valence-electron chi connectivity index (χ0n) is 11.4. The second-order valence-corrected chi connectivity index (χ2v) is 5.15. The lowest BCUT2D eigenvalue weighted by molar-refractivity contribution is 0.170. The molecule has 3 heteroatoms. The summed E-state index contributed by atoms with van der Waals surface area (Å²) in [6, 6.07) is 11.9. The summed E-state index contributed by atoms with van der Waals surface area (Å²) in [7, 11) is 0.